The molecule has 3 rings (SSSR count). The quantitative estimate of drug-likeness (QED) is 0.181. The van der Waals surface area contributed by atoms with Crippen LogP contribution in [0.4, 0.5) is 0 Å². The summed E-state index contributed by atoms with van der Waals surface area (Å²) >= 11 is 5.91. The van der Waals surface area contributed by atoms with E-state index in [9.17, 15) is 21.4 Å². The minimum absolute atomic E-state index is 0.0246. The van der Waals surface area contributed by atoms with Crippen molar-refractivity contribution in [2.24, 2.45) is 0 Å². The van der Waals surface area contributed by atoms with Crippen molar-refractivity contribution in [3.8, 4) is 5.75 Å². The second-order valence-corrected chi connectivity index (χ2v) is 11.6. The van der Waals surface area contributed by atoms with Crippen LogP contribution in [0.1, 0.15) is 0 Å². The highest BCUT2D eigenvalue weighted by atomic mass is 127. The molecule has 0 fully saturated rings. The Labute approximate surface area is 197 Å². The molecule has 11 heteroatoms. The number of halogens is 3. The molecule has 0 aliphatic heterocycles. The summed E-state index contributed by atoms with van der Waals surface area (Å²) in [6.07, 6.45) is 0. The average molecular weight is 742 g/mol. The van der Waals surface area contributed by atoms with E-state index < -0.39 is 20.2 Å². The van der Waals surface area contributed by atoms with Gasteiger partial charge in [0.15, 0.2) is 5.75 Å². The Bertz CT molecular complexity index is 1270. The largest absolute Gasteiger partial charge is 0.378 e. The Balaban J connectivity index is 2.20. The van der Waals surface area contributed by atoms with Gasteiger partial charge in [0.2, 0.25) is 0 Å². The van der Waals surface area contributed by atoms with Gasteiger partial charge in [0.25, 0.3) is 10.1 Å². The summed E-state index contributed by atoms with van der Waals surface area (Å²) in [6.45, 7) is 0. The van der Waals surface area contributed by atoms with Crippen molar-refractivity contribution in [1.82, 2.24) is 0 Å². The number of fused-ring (bicyclic) bond motifs is 1. The average Bonchev–Trinajstić information content (AvgIpc) is 2.57. The Morgan fingerprint density at radius 1 is 0.778 bits per heavy atom. The van der Waals surface area contributed by atoms with E-state index in [0.717, 1.165) is 9.64 Å². The lowest BCUT2D eigenvalue weighted by Gasteiger charge is -2.14. The third-order valence-corrected chi connectivity index (χ3v) is 10.5. The van der Waals surface area contributed by atoms with Gasteiger partial charge >= 0.3 is 10.1 Å². The van der Waals surface area contributed by atoms with Gasteiger partial charge in [0.05, 0.1) is 0 Å². The molecule has 0 unspecified atom stereocenters. The van der Waals surface area contributed by atoms with Crippen LogP contribution in [0, 0.1) is 10.7 Å². The van der Waals surface area contributed by atoms with Crippen molar-refractivity contribution in [2.75, 3.05) is 0 Å². The lowest BCUT2D eigenvalue weighted by Crippen LogP contribution is -2.14. The zero-order valence-corrected chi connectivity index (χ0v) is 21.2. The van der Waals surface area contributed by atoms with Crippen molar-refractivity contribution >= 4 is 98.8 Å². The smallest absolute Gasteiger partial charge is 0.341 e. The van der Waals surface area contributed by atoms with E-state index >= 15 is 0 Å². The van der Waals surface area contributed by atoms with Gasteiger partial charge in [-0.05, 0) is 92.0 Å². The molecular weight excluding hydrogens is 733 g/mol. The lowest BCUT2D eigenvalue weighted by atomic mass is 10.1. The molecule has 0 saturated carbocycles. The highest BCUT2D eigenvalue weighted by molar-refractivity contribution is 14.1. The highest BCUT2D eigenvalue weighted by Crippen LogP contribution is 2.35. The van der Waals surface area contributed by atoms with Crippen molar-refractivity contribution in [3.63, 3.8) is 0 Å². The Hall–Kier alpha value is -0.230. The second-order valence-electron chi connectivity index (χ2n) is 5.29. The summed E-state index contributed by atoms with van der Waals surface area (Å²) < 4.78 is 65.6. The summed E-state index contributed by atoms with van der Waals surface area (Å²) in [5.41, 5.74) is 0. The molecule has 0 aliphatic rings. The predicted octanol–water partition coefficient (Wildman–Crippen LogP) is 4.67. The van der Waals surface area contributed by atoms with E-state index in [2.05, 4.69) is 0 Å². The molecule has 3 aromatic rings. The van der Waals surface area contributed by atoms with Crippen LogP contribution < -0.4 is 4.18 Å². The lowest BCUT2D eigenvalue weighted by molar-refractivity contribution is 0.484. The van der Waals surface area contributed by atoms with Gasteiger partial charge in [-0.25, -0.2) is 0 Å². The number of benzene rings is 3. The van der Waals surface area contributed by atoms with Gasteiger partial charge in [0, 0.05) is 21.5 Å². The first-order valence-electron chi connectivity index (χ1n) is 7.09. The third-order valence-electron chi connectivity index (χ3n) is 3.57. The molecule has 0 aromatic heterocycles. The van der Waals surface area contributed by atoms with Crippen molar-refractivity contribution in [1.29, 1.82) is 0 Å². The Morgan fingerprint density at radius 2 is 1.37 bits per heavy atom. The molecule has 142 valence electrons. The van der Waals surface area contributed by atoms with E-state index in [-0.39, 0.29) is 26.3 Å². The standard InChI is InChI=1S/C16H9I3O6S2/c17-11-5-6-12(18)16(15(11)19)27(23,24)25-13-7-8-14(26(20,21)22)10-4-2-1-3-9(10)13/h1-8H,(H,20,21,22). The van der Waals surface area contributed by atoms with Crippen LogP contribution in [0.15, 0.2) is 58.3 Å². The van der Waals surface area contributed by atoms with Crippen LogP contribution in [-0.2, 0) is 20.2 Å². The first-order chi connectivity index (χ1) is 12.5. The van der Waals surface area contributed by atoms with Crippen molar-refractivity contribution in [2.45, 2.75) is 9.79 Å². The molecule has 6 nitrogen and oxygen atoms in total. The van der Waals surface area contributed by atoms with Crippen LogP contribution in [0.5, 0.6) is 5.75 Å². The van der Waals surface area contributed by atoms with E-state index in [0.29, 0.717) is 7.14 Å². The van der Waals surface area contributed by atoms with E-state index in [4.69, 9.17) is 4.18 Å². The summed E-state index contributed by atoms with van der Waals surface area (Å²) in [5.74, 6) is -0.0246. The molecule has 0 spiro atoms. The minimum Gasteiger partial charge on any atom is -0.378 e. The zero-order chi connectivity index (χ0) is 20.0. The second kappa shape index (κ2) is 7.89. The predicted molar refractivity (Wildman–Crippen MR) is 126 cm³/mol. The van der Waals surface area contributed by atoms with E-state index in [1.54, 1.807) is 24.3 Å². The molecule has 0 heterocycles. The number of hydrogen-bond donors (Lipinski definition) is 1. The normalized spacial score (nSPS) is 12.3. The molecule has 0 bridgehead atoms. The van der Waals surface area contributed by atoms with Gasteiger partial charge in [-0.1, -0.05) is 24.3 Å². The third kappa shape index (κ3) is 4.36. The maximum atomic E-state index is 12.9. The van der Waals surface area contributed by atoms with Crippen LogP contribution in [0.2, 0.25) is 0 Å². The van der Waals surface area contributed by atoms with Gasteiger partial charge < -0.3 is 4.18 Å². The number of hydrogen-bond acceptors (Lipinski definition) is 5. The van der Waals surface area contributed by atoms with Gasteiger partial charge in [-0.3, -0.25) is 4.55 Å². The maximum Gasteiger partial charge on any atom is 0.341 e. The fourth-order valence-electron chi connectivity index (χ4n) is 2.44. The van der Waals surface area contributed by atoms with Crippen molar-refractivity contribution < 1.29 is 25.6 Å². The molecule has 0 amide bonds. The van der Waals surface area contributed by atoms with Gasteiger partial charge in [-0.2, -0.15) is 16.8 Å². The van der Waals surface area contributed by atoms with Gasteiger partial charge in [0.1, 0.15) is 9.79 Å². The zero-order valence-electron chi connectivity index (χ0n) is 13.1. The van der Waals surface area contributed by atoms with Crippen molar-refractivity contribution in [3.05, 3.63) is 59.2 Å². The van der Waals surface area contributed by atoms with Crippen LogP contribution in [0.25, 0.3) is 10.8 Å². The van der Waals surface area contributed by atoms with E-state index in [1.807, 2.05) is 67.8 Å². The summed E-state index contributed by atoms with van der Waals surface area (Å²) in [6, 6.07) is 12.0. The summed E-state index contributed by atoms with van der Waals surface area (Å²) in [4.78, 5) is -0.264. The first-order valence-corrected chi connectivity index (χ1v) is 13.2. The molecule has 0 radical (unpaired) electrons. The Morgan fingerprint density at radius 3 is 2.00 bits per heavy atom. The number of rotatable bonds is 4. The fourth-order valence-corrected chi connectivity index (χ4v) is 7.92. The Kier molecular flexibility index (Phi) is 6.28. The van der Waals surface area contributed by atoms with Crippen LogP contribution >= 0.6 is 67.8 Å². The van der Waals surface area contributed by atoms with Crippen LogP contribution in [-0.4, -0.2) is 21.4 Å². The molecular formula is C16H9I3O6S2. The molecule has 1 N–H and O–H groups in total. The van der Waals surface area contributed by atoms with Crippen LogP contribution in [0.3, 0.4) is 0 Å². The summed E-state index contributed by atoms with van der Waals surface area (Å²) in [7, 11) is -8.64. The van der Waals surface area contributed by atoms with Gasteiger partial charge in [-0.15, -0.1) is 0 Å². The minimum atomic E-state index is -4.47. The first kappa shape index (κ1) is 21.5. The molecule has 0 atom stereocenters. The highest BCUT2D eigenvalue weighted by Gasteiger charge is 2.26. The molecule has 3 aromatic carbocycles. The monoisotopic (exact) mass is 742 g/mol. The molecule has 0 saturated heterocycles. The topological polar surface area (TPSA) is 97.7 Å². The maximum absolute atomic E-state index is 12.9. The molecule has 0 aliphatic carbocycles. The fraction of sp³-hybridized carbons (Fsp3) is 0. The SMILES string of the molecule is O=S(=O)(O)c1ccc(OS(=O)(=O)c2c(I)ccc(I)c2I)c2ccccc12. The summed E-state index contributed by atoms with van der Waals surface area (Å²) in [5, 5.41) is 0.423. The van der Waals surface area contributed by atoms with E-state index in [1.165, 1.54) is 18.2 Å². The molecule has 27 heavy (non-hydrogen) atoms.